The SMILES string of the molecule is Br.CCCCCCCCCCCCCCCCCCCCCN(C)C. The highest BCUT2D eigenvalue weighted by molar-refractivity contribution is 8.93. The molecule has 0 amide bonds. The van der Waals surface area contributed by atoms with E-state index in [1.54, 1.807) is 0 Å². The zero-order chi connectivity index (χ0) is 17.7. The highest BCUT2D eigenvalue weighted by Gasteiger charge is 1.95. The predicted molar refractivity (Wildman–Crippen MR) is 122 cm³/mol. The number of rotatable bonds is 20. The summed E-state index contributed by atoms with van der Waals surface area (Å²) < 4.78 is 0. The lowest BCUT2D eigenvalue weighted by atomic mass is 10.0. The van der Waals surface area contributed by atoms with Crippen LogP contribution in [0.1, 0.15) is 129 Å². The lowest BCUT2D eigenvalue weighted by Crippen LogP contribution is -2.12. The minimum absolute atomic E-state index is 0. The van der Waals surface area contributed by atoms with Crippen LogP contribution in [-0.4, -0.2) is 25.5 Å². The van der Waals surface area contributed by atoms with Crippen molar-refractivity contribution in [2.75, 3.05) is 20.6 Å². The highest BCUT2D eigenvalue weighted by Crippen LogP contribution is 2.14. The monoisotopic (exact) mass is 419 g/mol. The summed E-state index contributed by atoms with van der Waals surface area (Å²) in [6.07, 6.45) is 27.8. The molecule has 1 nitrogen and oxygen atoms in total. The number of hydrogen-bond acceptors (Lipinski definition) is 1. The Balaban J connectivity index is 0. The molecule has 25 heavy (non-hydrogen) atoms. The van der Waals surface area contributed by atoms with Gasteiger partial charge in [-0.1, -0.05) is 122 Å². The van der Waals surface area contributed by atoms with Gasteiger partial charge in [0.05, 0.1) is 0 Å². The average Bonchev–Trinajstić information content (AvgIpc) is 2.56. The summed E-state index contributed by atoms with van der Waals surface area (Å²) in [6, 6.07) is 0. The van der Waals surface area contributed by atoms with Gasteiger partial charge in [-0.15, -0.1) is 17.0 Å². The molecule has 154 valence electrons. The van der Waals surface area contributed by atoms with E-state index in [-0.39, 0.29) is 17.0 Å². The Labute approximate surface area is 171 Å². The molecule has 0 bridgehead atoms. The first-order valence-electron chi connectivity index (χ1n) is 11.4. The lowest BCUT2D eigenvalue weighted by Gasteiger charge is -2.08. The van der Waals surface area contributed by atoms with Crippen molar-refractivity contribution in [3.8, 4) is 0 Å². The third-order valence-corrected chi connectivity index (χ3v) is 5.21. The highest BCUT2D eigenvalue weighted by atomic mass is 79.9. The van der Waals surface area contributed by atoms with Crippen LogP contribution in [0.3, 0.4) is 0 Å². The van der Waals surface area contributed by atoms with Crippen LogP contribution in [0, 0.1) is 0 Å². The summed E-state index contributed by atoms with van der Waals surface area (Å²) in [6.45, 7) is 3.56. The van der Waals surface area contributed by atoms with Crippen LogP contribution >= 0.6 is 17.0 Å². The minimum Gasteiger partial charge on any atom is -0.309 e. The fourth-order valence-corrected chi connectivity index (χ4v) is 3.51. The normalized spacial score (nSPS) is 11.0. The Hall–Kier alpha value is 0.440. The van der Waals surface area contributed by atoms with Crippen LogP contribution in [0.25, 0.3) is 0 Å². The zero-order valence-corrected chi connectivity index (χ0v) is 19.7. The van der Waals surface area contributed by atoms with Gasteiger partial charge in [0.2, 0.25) is 0 Å². The average molecular weight is 421 g/mol. The van der Waals surface area contributed by atoms with E-state index < -0.39 is 0 Å². The molecular weight excluding hydrogens is 370 g/mol. The van der Waals surface area contributed by atoms with Gasteiger partial charge >= 0.3 is 0 Å². The van der Waals surface area contributed by atoms with Crippen LogP contribution < -0.4 is 0 Å². The van der Waals surface area contributed by atoms with Gasteiger partial charge in [0.1, 0.15) is 0 Å². The van der Waals surface area contributed by atoms with Gasteiger partial charge < -0.3 is 4.90 Å². The molecular formula is C23H50BrN. The van der Waals surface area contributed by atoms with Crippen molar-refractivity contribution >= 4 is 17.0 Å². The molecule has 0 aromatic carbocycles. The number of halogens is 1. The summed E-state index contributed by atoms with van der Waals surface area (Å²) in [4.78, 5) is 2.30. The number of unbranched alkanes of at least 4 members (excludes halogenated alkanes) is 18. The van der Waals surface area contributed by atoms with Crippen molar-refractivity contribution < 1.29 is 0 Å². The molecule has 0 aliphatic heterocycles. The first kappa shape index (κ1) is 27.7. The van der Waals surface area contributed by atoms with Crippen LogP contribution in [0.5, 0.6) is 0 Å². The van der Waals surface area contributed by atoms with Crippen molar-refractivity contribution in [1.29, 1.82) is 0 Å². The first-order chi connectivity index (χ1) is 11.8. The maximum Gasteiger partial charge on any atom is -0.00248 e. The van der Waals surface area contributed by atoms with Crippen LogP contribution in [-0.2, 0) is 0 Å². The largest absolute Gasteiger partial charge is 0.309 e. The molecule has 0 fully saturated rings. The van der Waals surface area contributed by atoms with Crippen molar-refractivity contribution in [3.05, 3.63) is 0 Å². The van der Waals surface area contributed by atoms with E-state index in [9.17, 15) is 0 Å². The quantitative estimate of drug-likeness (QED) is 0.178. The molecule has 0 aliphatic carbocycles. The van der Waals surface area contributed by atoms with E-state index in [0.717, 1.165) is 0 Å². The molecule has 0 saturated heterocycles. The topological polar surface area (TPSA) is 3.24 Å². The standard InChI is InChI=1S/C23H49N.BrH/c1-4-5-6-7-8-9-10-11-12-13-14-15-16-17-18-19-20-21-22-23-24(2)3;/h4-23H2,1-3H3;1H. The molecule has 0 atom stereocenters. The molecule has 0 aromatic rings. The molecule has 0 saturated carbocycles. The van der Waals surface area contributed by atoms with Gasteiger partial charge in [-0.2, -0.15) is 0 Å². The van der Waals surface area contributed by atoms with Gasteiger partial charge in [-0.25, -0.2) is 0 Å². The summed E-state index contributed by atoms with van der Waals surface area (Å²) >= 11 is 0. The van der Waals surface area contributed by atoms with Gasteiger partial charge in [-0.3, -0.25) is 0 Å². The summed E-state index contributed by atoms with van der Waals surface area (Å²) in [5.41, 5.74) is 0. The number of hydrogen-bond donors (Lipinski definition) is 0. The summed E-state index contributed by atoms with van der Waals surface area (Å²) in [5.74, 6) is 0. The first-order valence-corrected chi connectivity index (χ1v) is 11.4. The van der Waals surface area contributed by atoms with Crippen LogP contribution in [0.2, 0.25) is 0 Å². The fraction of sp³-hybridized carbons (Fsp3) is 1.00. The smallest absolute Gasteiger partial charge is 0.00248 e. The second kappa shape index (κ2) is 24.4. The van der Waals surface area contributed by atoms with Gasteiger partial charge in [0.25, 0.3) is 0 Å². The maximum atomic E-state index is 2.30. The Bertz CT molecular complexity index is 218. The van der Waals surface area contributed by atoms with E-state index in [1.807, 2.05) is 0 Å². The third kappa shape index (κ3) is 26.8. The van der Waals surface area contributed by atoms with Gasteiger partial charge in [-0.05, 0) is 27.1 Å². The molecule has 0 unspecified atom stereocenters. The second-order valence-electron chi connectivity index (χ2n) is 8.17. The van der Waals surface area contributed by atoms with Crippen LogP contribution in [0.4, 0.5) is 0 Å². The lowest BCUT2D eigenvalue weighted by molar-refractivity contribution is 0.389. The molecule has 2 heteroatoms. The Morgan fingerprint density at radius 2 is 0.640 bits per heavy atom. The Kier molecular flexibility index (Phi) is 27.0. The molecule has 0 aromatic heterocycles. The maximum absolute atomic E-state index is 2.30. The Morgan fingerprint density at radius 1 is 0.400 bits per heavy atom. The van der Waals surface area contributed by atoms with Gasteiger partial charge in [0, 0.05) is 0 Å². The Morgan fingerprint density at radius 3 is 0.880 bits per heavy atom. The predicted octanol–water partition coefficient (Wildman–Crippen LogP) is 8.56. The van der Waals surface area contributed by atoms with E-state index in [2.05, 4.69) is 25.9 Å². The number of nitrogens with zero attached hydrogens (tertiary/aromatic N) is 1. The second-order valence-corrected chi connectivity index (χ2v) is 8.17. The van der Waals surface area contributed by atoms with E-state index >= 15 is 0 Å². The summed E-state index contributed by atoms with van der Waals surface area (Å²) in [7, 11) is 4.35. The van der Waals surface area contributed by atoms with E-state index in [4.69, 9.17) is 0 Å². The molecule has 0 heterocycles. The van der Waals surface area contributed by atoms with Crippen LogP contribution in [0.15, 0.2) is 0 Å². The summed E-state index contributed by atoms with van der Waals surface area (Å²) in [5, 5.41) is 0. The third-order valence-electron chi connectivity index (χ3n) is 5.21. The molecule has 0 rings (SSSR count). The molecule has 0 spiro atoms. The fourth-order valence-electron chi connectivity index (χ4n) is 3.51. The zero-order valence-electron chi connectivity index (χ0n) is 18.0. The molecule has 0 aliphatic rings. The molecule has 0 N–H and O–H groups in total. The van der Waals surface area contributed by atoms with Crippen molar-refractivity contribution in [3.63, 3.8) is 0 Å². The van der Waals surface area contributed by atoms with E-state index in [1.165, 1.54) is 129 Å². The van der Waals surface area contributed by atoms with E-state index in [0.29, 0.717) is 0 Å². The molecule has 0 radical (unpaired) electrons. The van der Waals surface area contributed by atoms with Crippen molar-refractivity contribution in [2.45, 2.75) is 129 Å². The van der Waals surface area contributed by atoms with Crippen molar-refractivity contribution in [1.82, 2.24) is 4.90 Å². The minimum atomic E-state index is 0. The van der Waals surface area contributed by atoms with Crippen molar-refractivity contribution in [2.24, 2.45) is 0 Å². The van der Waals surface area contributed by atoms with Gasteiger partial charge in [0.15, 0.2) is 0 Å².